The van der Waals surface area contributed by atoms with Crippen LogP contribution in [0.2, 0.25) is 0 Å². The van der Waals surface area contributed by atoms with E-state index in [1.807, 2.05) is 0 Å². The summed E-state index contributed by atoms with van der Waals surface area (Å²) < 4.78 is 114. The molecular formula is C35H35F6N5O4S. The maximum absolute atomic E-state index is 15.3. The Hall–Kier alpha value is -4.51. The first-order valence-corrected chi connectivity index (χ1v) is 17.3. The largest absolute Gasteiger partial charge is 0.573 e. The van der Waals surface area contributed by atoms with Crippen molar-refractivity contribution in [2.24, 2.45) is 5.73 Å². The van der Waals surface area contributed by atoms with Crippen molar-refractivity contribution in [3.8, 4) is 5.75 Å². The molecular weight excluding hydrogens is 700 g/mol. The van der Waals surface area contributed by atoms with Crippen LogP contribution in [0, 0.1) is 24.4 Å². The van der Waals surface area contributed by atoms with Gasteiger partial charge in [0.25, 0.3) is 0 Å². The lowest BCUT2D eigenvalue weighted by molar-refractivity contribution is -0.274. The van der Waals surface area contributed by atoms with Crippen LogP contribution in [0.25, 0.3) is 0 Å². The van der Waals surface area contributed by atoms with Crippen molar-refractivity contribution >= 4 is 21.6 Å². The van der Waals surface area contributed by atoms with Gasteiger partial charge in [-0.2, -0.15) is 4.31 Å². The van der Waals surface area contributed by atoms with Crippen LogP contribution in [0.3, 0.4) is 0 Å². The molecule has 1 fully saturated rings. The lowest BCUT2D eigenvalue weighted by atomic mass is 9.84. The summed E-state index contributed by atoms with van der Waals surface area (Å²) >= 11 is 0. The Kier molecular flexibility index (Phi) is 11.4. The fourth-order valence-electron chi connectivity index (χ4n) is 6.32. The number of carbonyl (C=O) groups excluding carboxylic acids is 1. The number of amides is 1. The Labute approximate surface area is 290 Å². The van der Waals surface area contributed by atoms with Crippen molar-refractivity contribution in [3.05, 3.63) is 119 Å². The number of aromatic nitrogens is 1. The van der Waals surface area contributed by atoms with Crippen LogP contribution in [-0.4, -0.2) is 61.2 Å². The molecule has 0 radical (unpaired) electrons. The van der Waals surface area contributed by atoms with E-state index in [0.29, 0.717) is 16.7 Å². The number of piperazine rings is 1. The van der Waals surface area contributed by atoms with Gasteiger partial charge in [-0.15, -0.1) is 13.2 Å². The second kappa shape index (κ2) is 15.4. The number of sulfonamides is 1. The summed E-state index contributed by atoms with van der Waals surface area (Å²) in [4.78, 5) is 17.3. The zero-order valence-corrected chi connectivity index (χ0v) is 28.2. The van der Waals surface area contributed by atoms with Gasteiger partial charge in [-0.3, -0.25) is 9.78 Å². The number of nitrogens with two attached hydrogens (primary N) is 1. The van der Waals surface area contributed by atoms with Gasteiger partial charge in [-0.25, -0.2) is 21.6 Å². The van der Waals surface area contributed by atoms with Crippen molar-refractivity contribution in [2.45, 2.75) is 62.0 Å². The molecule has 1 amide bonds. The van der Waals surface area contributed by atoms with Gasteiger partial charge >= 0.3 is 6.36 Å². The Morgan fingerprint density at radius 2 is 1.69 bits per heavy atom. The number of benzene rings is 3. The number of alkyl halides is 3. The van der Waals surface area contributed by atoms with Gasteiger partial charge in [-0.1, -0.05) is 18.2 Å². The first kappa shape index (κ1) is 37.7. The second-order valence-corrected chi connectivity index (χ2v) is 14.2. The summed E-state index contributed by atoms with van der Waals surface area (Å²) in [6, 6.07) is 10.6. The van der Waals surface area contributed by atoms with Gasteiger partial charge in [0.1, 0.15) is 23.2 Å². The molecule has 0 spiro atoms. The van der Waals surface area contributed by atoms with E-state index in [2.05, 4.69) is 20.4 Å². The van der Waals surface area contributed by atoms with Crippen LogP contribution in [0.4, 0.5) is 32.0 Å². The topological polar surface area (TPSA) is 127 Å². The van der Waals surface area contributed by atoms with E-state index in [4.69, 9.17) is 5.73 Å². The molecule has 0 unspecified atom stereocenters. The maximum Gasteiger partial charge on any atom is 0.573 e. The van der Waals surface area contributed by atoms with Crippen molar-refractivity contribution in [3.63, 3.8) is 0 Å². The van der Waals surface area contributed by atoms with Crippen molar-refractivity contribution in [2.75, 3.05) is 18.4 Å². The third-order valence-electron chi connectivity index (χ3n) is 8.55. The van der Waals surface area contributed by atoms with Gasteiger partial charge in [0.15, 0.2) is 0 Å². The van der Waals surface area contributed by atoms with Crippen LogP contribution >= 0.6 is 0 Å². The average Bonchev–Trinajstić information content (AvgIpc) is 3.04. The first-order valence-electron chi connectivity index (χ1n) is 15.8. The summed E-state index contributed by atoms with van der Waals surface area (Å²) in [6.45, 7) is 3.80. The van der Waals surface area contributed by atoms with Crippen molar-refractivity contribution < 1.29 is 44.3 Å². The Morgan fingerprint density at radius 3 is 2.33 bits per heavy atom. The normalized spacial score (nSPS) is 18.2. The minimum absolute atomic E-state index is 0.0183. The fourth-order valence-corrected chi connectivity index (χ4v) is 8.16. The summed E-state index contributed by atoms with van der Waals surface area (Å²) in [6.07, 6.45) is -2.77. The number of hydrogen-bond donors (Lipinski definition) is 3. The monoisotopic (exact) mass is 735 g/mol. The quantitative estimate of drug-likeness (QED) is 0.167. The molecule has 1 aromatic heterocycles. The Bertz CT molecular complexity index is 1940. The molecule has 0 saturated carbocycles. The van der Waals surface area contributed by atoms with E-state index < -0.39 is 69.5 Å². The third kappa shape index (κ3) is 9.05. The number of nitrogens with zero attached hydrogens (tertiary/aromatic N) is 2. The summed E-state index contributed by atoms with van der Waals surface area (Å²) in [5.74, 6) is -4.13. The summed E-state index contributed by atoms with van der Waals surface area (Å²) in [5.41, 5.74) is 7.85. The smallest absolute Gasteiger partial charge is 0.406 e. The molecule has 272 valence electrons. The highest BCUT2D eigenvalue weighted by Crippen LogP contribution is 2.32. The highest BCUT2D eigenvalue weighted by Gasteiger charge is 2.38. The van der Waals surface area contributed by atoms with E-state index in [-0.39, 0.29) is 42.1 Å². The summed E-state index contributed by atoms with van der Waals surface area (Å²) in [5, 5.41) is 5.77. The lowest BCUT2D eigenvalue weighted by Gasteiger charge is -2.40. The molecule has 5 rings (SSSR count). The van der Waals surface area contributed by atoms with Gasteiger partial charge < -0.3 is 21.1 Å². The second-order valence-electron chi connectivity index (χ2n) is 12.3. The van der Waals surface area contributed by atoms with E-state index >= 15 is 4.39 Å². The predicted octanol–water partition coefficient (Wildman–Crippen LogP) is 5.79. The van der Waals surface area contributed by atoms with Gasteiger partial charge in [0.05, 0.1) is 29.0 Å². The number of halogens is 6. The number of aryl methyl sites for hydroxylation is 1. The molecule has 0 bridgehead atoms. The Morgan fingerprint density at radius 1 is 1.00 bits per heavy atom. The number of ether oxygens (including phenoxy) is 1. The molecule has 16 heteroatoms. The van der Waals surface area contributed by atoms with E-state index in [9.17, 15) is 35.2 Å². The van der Waals surface area contributed by atoms with Crippen LogP contribution in [0.5, 0.6) is 5.75 Å². The molecule has 2 heterocycles. The Balaban J connectivity index is 1.37. The van der Waals surface area contributed by atoms with Gasteiger partial charge in [0.2, 0.25) is 15.9 Å². The molecule has 51 heavy (non-hydrogen) atoms. The zero-order valence-electron chi connectivity index (χ0n) is 27.4. The van der Waals surface area contributed by atoms with Crippen LogP contribution < -0.4 is 21.1 Å². The number of anilines is 1. The number of pyridine rings is 1. The lowest BCUT2D eigenvalue weighted by Crippen LogP contribution is -2.58. The van der Waals surface area contributed by atoms with E-state index in [0.717, 1.165) is 30.5 Å². The first-order chi connectivity index (χ1) is 24.0. The molecule has 0 aliphatic carbocycles. The highest BCUT2D eigenvalue weighted by molar-refractivity contribution is 7.89. The molecule has 1 aliphatic heterocycles. The summed E-state index contributed by atoms with van der Waals surface area (Å²) in [7, 11) is -4.23. The molecule has 3 aromatic carbocycles. The molecule has 9 nitrogen and oxygen atoms in total. The van der Waals surface area contributed by atoms with Gasteiger partial charge in [-0.05, 0) is 91.9 Å². The standard InChI is InChI=1S/C35H35F6N5O4S/c1-20-13-23(15-25(37)14-20)32(22-3-5-24(36)6-4-22)33(42)34(47)45-31-19-44-18-30(38)29(31)12-7-26-17-43-16-21(2)46(26)51(48,49)28-10-8-27(9-11-28)50-35(39,40)41/h3-6,8-11,13-15,18-19,21,26,32-33,43H,7,12,16-17,42H2,1-2H3,(H,45,47)/t21-,26-,32-,33-/m0/s1. The van der Waals surface area contributed by atoms with Crippen LogP contribution in [-0.2, 0) is 21.2 Å². The van der Waals surface area contributed by atoms with Crippen molar-refractivity contribution in [1.29, 1.82) is 0 Å². The molecule has 4 N–H and O–H groups in total. The molecule has 4 aromatic rings. The zero-order chi connectivity index (χ0) is 37.1. The third-order valence-corrected chi connectivity index (χ3v) is 10.6. The van der Waals surface area contributed by atoms with Crippen LogP contribution in [0.15, 0.2) is 84.0 Å². The fraction of sp³-hybridized carbons (Fsp3) is 0.314. The van der Waals surface area contributed by atoms with E-state index in [1.54, 1.807) is 19.9 Å². The highest BCUT2D eigenvalue weighted by atomic mass is 32.2. The molecule has 4 atom stereocenters. The average molecular weight is 736 g/mol. The number of rotatable bonds is 11. The number of nitrogens with one attached hydrogen (secondary N) is 2. The van der Waals surface area contributed by atoms with E-state index in [1.165, 1.54) is 46.9 Å². The minimum Gasteiger partial charge on any atom is -0.406 e. The molecule has 1 saturated heterocycles. The van der Waals surface area contributed by atoms with Crippen LogP contribution in [0.1, 0.15) is 41.5 Å². The predicted molar refractivity (Wildman–Crippen MR) is 177 cm³/mol. The molecule has 1 aliphatic rings. The van der Waals surface area contributed by atoms with Gasteiger partial charge in [0, 0.05) is 36.7 Å². The number of hydrogen-bond acceptors (Lipinski definition) is 7. The number of carbonyl (C=O) groups is 1. The maximum atomic E-state index is 15.3. The SMILES string of the molecule is Cc1cc(F)cc([C@H](c2ccc(F)cc2)[C@H](N)C(=O)Nc2cncc(F)c2CC[C@H]2CNC[C@H](C)N2S(=O)(=O)c2ccc(OC(F)(F)F)cc2)c1. The minimum atomic E-state index is -4.95. The van der Waals surface area contributed by atoms with Crippen molar-refractivity contribution in [1.82, 2.24) is 14.6 Å².